The third kappa shape index (κ3) is 2.54. The summed E-state index contributed by atoms with van der Waals surface area (Å²) < 4.78 is 2.03. The number of carboxylic acid groups (broad SMARTS) is 1. The molecule has 2 atom stereocenters. The van der Waals surface area contributed by atoms with Gasteiger partial charge in [-0.15, -0.1) is 12.4 Å². The number of nitrogens with two attached hydrogens (primary N) is 1. The van der Waals surface area contributed by atoms with Gasteiger partial charge in [-0.3, -0.25) is 0 Å². The number of halogens is 1. The molecule has 0 amide bonds. The SMILES string of the molecule is CCC(C(=O)O)n1c2c(c3ccccc31)C[C@@H](N)CC2.Cl. The molecule has 0 saturated heterocycles. The second-order valence-corrected chi connectivity index (χ2v) is 5.58. The van der Waals surface area contributed by atoms with E-state index in [1.807, 2.05) is 29.7 Å². The topological polar surface area (TPSA) is 68.2 Å². The van der Waals surface area contributed by atoms with Crippen molar-refractivity contribution in [1.82, 2.24) is 4.57 Å². The number of hydrogen-bond acceptors (Lipinski definition) is 2. The first-order chi connectivity index (χ1) is 9.63. The normalized spacial score (nSPS) is 18.9. The molecule has 114 valence electrons. The molecule has 2 aromatic rings. The molecule has 1 aromatic carbocycles. The maximum absolute atomic E-state index is 11.6. The minimum atomic E-state index is -0.758. The Labute approximate surface area is 130 Å². The number of aromatic nitrogens is 1. The minimum Gasteiger partial charge on any atom is -0.480 e. The van der Waals surface area contributed by atoms with Crippen molar-refractivity contribution in [2.75, 3.05) is 0 Å². The number of para-hydroxylation sites is 1. The quantitative estimate of drug-likeness (QED) is 0.916. The van der Waals surface area contributed by atoms with Crippen LogP contribution in [-0.2, 0) is 17.6 Å². The van der Waals surface area contributed by atoms with Gasteiger partial charge < -0.3 is 15.4 Å². The molecule has 1 aliphatic rings. The van der Waals surface area contributed by atoms with Gasteiger partial charge in [-0.2, -0.15) is 0 Å². The van der Waals surface area contributed by atoms with E-state index in [9.17, 15) is 9.90 Å². The largest absolute Gasteiger partial charge is 0.480 e. The Hall–Kier alpha value is -1.52. The number of nitrogens with zero attached hydrogens (tertiary/aromatic N) is 1. The van der Waals surface area contributed by atoms with E-state index in [0.717, 1.165) is 30.2 Å². The van der Waals surface area contributed by atoms with Crippen molar-refractivity contribution in [3.05, 3.63) is 35.5 Å². The highest BCUT2D eigenvalue weighted by Gasteiger charge is 2.28. The maximum atomic E-state index is 11.6. The highest BCUT2D eigenvalue weighted by atomic mass is 35.5. The van der Waals surface area contributed by atoms with Crippen LogP contribution in [0.5, 0.6) is 0 Å². The first-order valence-corrected chi connectivity index (χ1v) is 7.22. The zero-order chi connectivity index (χ0) is 14.3. The van der Waals surface area contributed by atoms with Crippen molar-refractivity contribution >= 4 is 29.3 Å². The van der Waals surface area contributed by atoms with E-state index in [4.69, 9.17) is 5.73 Å². The molecule has 21 heavy (non-hydrogen) atoms. The fourth-order valence-corrected chi connectivity index (χ4v) is 3.39. The first-order valence-electron chi connectivity index (χ1n) is 7.22. The van der Waals surface area contributed by atoms with E-state index in [-0.39, 0.29) is 18.4 Å². The van der Waals surface area contributed by atoms with Gasteiger partial charge in [-0.25, -0.2) is 4.79 Å². The fraction of sp³-hybridized carbons (Fsp3) is 0.438. The molecular formula is C16H21ClN2O2. The fourth-order valence-electron chi connectivity index (χ4n) is 3.39. The molecule has 4 nitrogen and oxygen atoms in total. The maximum Gasteiger partial charge on any atom is 0.326 e. The summed E-state index contributed by atoms with van der Waals surface area (Å²) in [4.78, 5) is 11.6. The van der Waals surface area contributed by atoms with Crippen LogP contribution in [-0.4, -0.2) is 21.7 Å². The number of carbonyl (C=O) groups is 1. The molecule has 1 aliphatic carbocycles. The number of aliphatic carboxylic acids is 1. The minimum absolute atomic E-state index is 0. The second-order valence-electron chi connectivity index (χ2n) is 5.58. The molecule has 1 aromatic heterocycles. The number of carboxylic acids is 1. The van der Waals surface area contributed by atoms with Gasteiger partial charge in [0.1, 0.15) is 6.04 Å². The highest BCUT2D eigenvalue weighted by Crippen LogP contribution is 2.35. The van der Waals surface area contributed by atoms with E-state index >= 15 is 0 Å². The number of hydrogen-bond donors (Lipinski definition) is 2. The summed E-state index contributed by atoms with van der Waals surface area (Å²) in [5.41, 5.74) is 9.54. The number of benzene rings is 1. The molecule has 0 fully saturated rings. The molecule has 1 heterocycles. The lowest BCUT2D eigenvalue weighted by atomic mass is 9.92. The van der Waals surface area contributed by atoms with Gasteiger partial charge in [-0.05, 0) is 37.3 Å². The van der Waals surface area contributed by atoms with Crippen LogP contribution in [0.25, 0.3) is 10.9 Å². The Morgan fingerprint density at radius 3 is 2.86 bits per heavy atom. The van der Waals surface area contributed by atoms with E-state index in [2.05, 4.69) is 6.07 Å². The van der Waals surface area contributed by atoms with Gasteiger partial charge in [0.2, 0.25) is 0 Å². The third-order valence-corrected chi connectivity index (χ3v) is 4.33. The van der Waals surface area contributed by atoms with Crippen LogP contribution >= 0.6 is 12.4 Å². The van der Waals surface area contributed by atoms with Gasteiger partial charge in [0.15, 0.2) is 0 Å². The number of rotatable bonds is 3. The molecule has 0 bridgehead atoms. The predicted octanol–water partition coefficient (Wildman–Crippen LogP) is 2.91. The summed E-state index contributed by atoms with van der Waals surface area (Å²) in [6.07, 6.45) is 3.24. The molecular weight excluding hydrogens is 288 g/mol. The average Bonchev–Trinajstić information content (AvgIpc) is 2.74. The monoisotopic (exact) mass is 308 g/mol. The van der Waals surface area contributed by atoms with Crippen LogP contribution in [0.1, 0.15) is 37.1 Å². The van der Waals surface area contributed by atoms with Crippen molar-refractivity contribution in [3.63, 3.8) is 0 Å². The summed E-state index contributed by atoms with van der Waals surface area (Å²) in [6, 6.07) is 7.78. The van der Waals surface area contributed by atoms with Crippen molar-refractivity contribution in [1.29, 1.82) is 0 Å². The molecule has 5 heteroatoms. The van der Waals surface area contributed by atoms with Crippen LogP contribution in [0.3, 0.4) is 0 Å². The van der Waals surface area contributed by atoms with Gasteiger partial charge in [-0.1, -0.05) is 25.1 Å². The number of fused-ring (bicyclic) bond motifs is 3. The predicted molar refractivity (Wildman–Crippen MR) is 86.2 cm³/mol. The van der Waals surface area contributed by atoms with Crippen LogP contribution in [0.4, 0.5) is 0 Å². The summed E-state index contributed by atoms with van der Waals surface area (Å²) in [7, 11) is 0. The van der Waals surface area contributed by atoms with Crippen LogP contribution in [0.15, 0.2) is 24.3 Å². The van der Waals surface area contributed by atoms with Crippen LogP contribution < -0.4 is 5.73 Å². The molecule has 0 aliphatic heterocycles. The van der Waals surface area contributed by atoms with E-state index in [1.54, 1.807) is 0 Å². The standard InChI is InChI=1S/C16H20N2O2.ClH/c1-2-13(16(19)20)18-14-6-4-3-5-11(14)12-9-10(17)7-8-15(12)18;/h3-6,10,13H,2,7-9,17H2,1H3,(H,19,20);1H/t10-,13?;/m0./s1. The first kappa shape index (κ1) is 15.9. The summed E-state index contributed by atoms with van der Waals surface area (Å²) in [5.74, 6) is -0.758. The molecule has 3 N–H and O–H groups in total. The Bertz CT molecular complexity index is 666. The van der Waals surface area contributed by atoms with E-state index < -0.39 is 12.0 Å². The lowest BCUT2D eigenvalue weighted by molar-refractivity contribution is -0.140. The third-order valence-electron chi connectivity index (χ3n) is 4.33. The van der Waals surface area contributed by atoms with Crippen molar-refractivity contribution in [3.8, 4) is 0 Å². The van der Waals surface area contributed by atoms with Crippen molar-refractivity contribution in [2.24, 2.45) is 5.73 Å². The Morgan fingerprint density at radius 2 is 2.19 bits per heavy atom. The molecule has 3 rings (SSSR count). The van der Waals surface area contributed by atoms with E-state index in [1.165, 1.54) is 11.3 Å². The summed E-state index contributed by atoms with van der Waals surface area (Å²) in [6.45, 7) is 1.93. The van der Waals surface area contributed by atoms with E-state index in [0.29, 0.717) is 6.42 Å². The smallest absolute Gasteiger partial charge is 0.326 e. The van der Waals surface area contributed by atoms with Gasteiger partial charge >= 0.3 is 5.97 Å². The second kappa shape index (κ2) is 6.08. The zero-order valence-electron chi connectivity index (χ0n) is 12.1. The molecule has 1 unspecified atom stereocenters. The highest BCUT2D eigenvalue weighted by molar-refractivity contribution is 5.88. The summed E-state index contributed by atoms with van der Waals surface area (Å²) in [5, 5.41) is 10.7. The lowest BCUT2D eigenvalue weighted by Crippen LogP contribution is -2.29. The molecule has 0 spiro atoms. The summed E-state index contributed by atoms with van der Waals surface area (Å²) >= 11 is 0. The van der Waals surface area contributed by atoms with Crippen molar-refractivity contribution < 1.29 is 9.90 Å². The van der Waals surface area contributed by atoms with Gasteiger partial charge in [0.25, 0.3) is 0 Å². The van der Waals surface area contributed by atoms with Crippen LogP contribution in [0, 0.1) is 0 Å². The van der Waals surface area contributed by atoms with Gasteiger partial charge in [0, 0.05) is 22.6 Å². The van der Waals surface area contributed by atoms with Crippen LogP contribution in [0.2, 0.25) is 0 Å². The van der Waals surface area contributed by atoms with Gasteiger partial charge in [0.05, 0.1) is 0 Å². The van der Waals surface area contributed by atoms with Crippen molar-refractivity contribution in [2.45, 2.75) is 44.7 Å². The Morgan fingerprint density at radius 1 is 1.48 bits per heavy atom. The zero-order valence-corrected chi connectivity index (χ0v) is 12.9. The molecule has 0 radical (unpaired) electrons. The Kier molecular flexibility index (Phi) is 4.59. The average molecular weight is 309 g/mol. The molecule has 0 saturated carbocycles. The Balaban J connectivity index is 0.00000161. The lowest BCUT2D eigenvalue weighted by Gasteiger charge is -2.23.